The monoisotopic (exact) mass is 544 g/mol. The maximum absolute atomic E-state index is 13.3. The number of nitrogens with one attached hydrogen (secondary N) is 2. The minimum Gasteiger partial charge on any atom is -0.489 e. The van der Waals surface area contributed by atoms with E-state index in [-0.39, 0.29) is 11.4 Å². The van der Waals surface area contributed by atoms with E-state index in [4.69, 9.17) is 4.74 Å². The van der Waals surface area contributed by atoms with Crippen LogP contribution in [0.5, 0.6) is 5.75 Å². The second kappa shape index (κ2) is 10.8. The van der Waals surface area contributed by atoms with E-state index in [1.54, 1.807) is 24.3 Å². The van der Waals surface area contributed by atoms with Crippen molar-refractivity contribution in [1.82, 2.24) is 10.0 Å². The van der Waals surface area contributed by atoms with E-state index in [0.717, 1.165) is 30.4 Å². The van der Waals surface area contributed by atoms with Gasteiger partial charge in [0.1, 0.15) is 12.4 Å². The largest absolute Gasteiger partial charge is 0.489 e. The molecule has 7 rings (SSSR count). The molecule has 4 saturated carbocycles. The first-order chi connectivity index (χ1) is 18.9. The van der Waals surface area contributed by atoms with Crippen LogP contribution < -0.4 is 14.8 Å². The van der Waals surface area contributed by atoms with Crippen molar-refractivity contribution in [2.45, 2.75) is 62.0 Å². The van der Waals surface area contributed by atoms with Gasteiger partial charge in [-0.15, -0.1) is 0 Å². The topological polar surface area (TPSA) is 84.5 Å². The number of ether oxygens (including phenoxy) is 1. The van der Waals surface area contributed by atoms with E-state index < -0.39 is 10.0 Å². The fraction of sp³-hybridized carbons (Fsp3) is 0.406. The van der Waals surface area contributed by atoms with Gasteiger partial charge in [-0.2, -0.15) is 0 Å². The molecule has 0 saturated heterocycles. The minimum atomic E-state index is -3.57. The van der Waals surface area contributed by atoms with E-state index in [0.29, 0.717) is 53.5 Å². The van der Waals surface area contributed by atoms with Crippen LogP contribution in [0.1, 0.15) is 60.0 Å². The molecule has 6 nitrogen and oxygen atoms in total. The van der Waals surface area contributed by atoms with Gasteiger partial charge in [0.25, 0.3) is 5.91 Å². The van der Waals surface area contributed by atoms with Crippen LogP contribution >= 0.6 is 0 Å². The SMILES string of the molecule is O=C(NCCc1ccc(S(=O)(=O)NC23CC4CC(CC(C4)C2)C3)cc1)c1cccc(OCc2ccccc2)c1. The lowest BCUT2D eigenvalue weighted by molar-refractivity contribution is -0.00810. The van der Waals surface area contributed by atoms with Gasteiger partial charge in [-0.25, -0.2) is 13.1 Å². The van der Waals surface area contributed by atoms with Crippen LogP contribution in [0.15, 0.2) is 83.8 Å². The summed E-state index contributed by atoms with van der Waals surface area (Å²) in [6.07, 6.45) is 7.39. The lowest BCUT2D eigenvalue weighted by Crippen LogP contribution is -2.59. The third kappa shape index (κ3) is 6.04. The molecule has 4 bridgehead atoms. The number of hydrogen-bond acceptors (Lipinski definition) is 4. The Balaban J connectivity index is 1.00. The molecular formula is C32H36N2O4S. The number of amides is 1. The molecule has 0 unspecified atom stereocenters. The van der Waals surface area contributed by atoms with E-state index >= 15 is 0 Å². The van der Waals surface area contributed by atoms with Crippen LogP contribution in [0, 0.1) is 17.8 Å². The molecule has 4 aliphatic rings. The Morgan fingerprint density at radius 1 is 0.821 bits per heavy atom. The van der Waals surface area contributed by atoms with E-state index in [1.807, 2.05) is 54.6 Å². The molecule has 1 amide bonds. The van der Waals surface area contributed by atoms with Crippen LogP contribution in [0.2, 0.25) is 0 Å². The molecule has 0 aliphatic heterocycles. The van der Waals surface area contributed by atoms with Gasteiger partial charge in [0.05, 0.1) is 4.90 Å². The Kier molecular flexibility index (Phi) is 7.21. The molecule has 3 aromatic rings. The fourth-order valence-electron chi connectivity index (χ4n) is 7.31. The number of benzene rings is 3. The summed E-state index contributed by atoms with van der Waals surface area (Å²) in [6, 6.07) is 24.1. The summed E-state index contributed by atoms with van der Waals surface area (Å²) in [7, 11) is -3.57. The van der Waals surface area contributed by atoms with Gasteiger partial charge in [0.2, 0.25) is 10.0 Å². The molecule has 4 fully saturated rings. The van der Waals surface area contributed by atoms with Crippen molar-refractivity contribution in [2.24, 2.45) is 17.8 Å². The normalized spacial score (nSPS) is 25.4. The molecular weight excluding hydrogens is 508 g/mol. The van der Waals surface area contributed by atoms with Gasteiger partial charge in [-0.3, -0.25) is 4.79 Å². The zero-order valence-electron chi connectivity index (χ0n) is 22.1. The summed E-state index contributed by atoms with van der Waals surface area (Å²) in [5, 5.41) is 2.95. The maximum Gasteiger partial charge on any atom is 0.251 e. The Bertz CT molecular complexity index is 1380. The average molecular weight is 545 g/mol. The predicted molar refractivity (Wildman–Crippen MR) is 151 cm³/mol. The molecule has 0 radical (unpaired) electrons. The summed E-state index contributed by atoms with van der Waals surface area (Å²) in [5.41, 5.74) is 2.33. The highest BCUT2D eigenvalue weighted by Crippen LogP contribution is 2.56. The quantitative estimate of drug-likeness (QED) is 0.354. The molecule has 204 valence electrons. The van der Waals surface area contributed by atoms with Crippen LogP contribution in [0.4, 0.5) is 0 Å². The summed E-state index contributed by atoms with van der Waals surface area (Å²) in [5.74, 6) is 2.52. The highest BCUT2D eigenvalue weighted by molar-refractivity contribution is 7.89. The van der Waals surface area contributed by atoms with Crippen molar-refractivity contribution in [3.8, 4) is 5.75 Å². The second-order valence-corrected chi connectivity index (χ2v) is 13.4. The van der Waals surface area contributed by atoms with E-state index in [1.165, 1.54) is 19.3 Å². The van der Waals surface area contributed by atoms with Gasteiger partial charge in [-0.05, 0) is 104 Å². The Morgan fingerprint density at radius 3 is 2.15 bits per heavy atom. The standard InChI is InChI=1S/C32H36N2O4S/c35-31(28-7-4-8-29(18-28)38-22-24-5-2-1-3-6-24)33-14-13-23-9-11-30(12-10-23)39(36,37)34-32-19-25-15-26(20-32)17-27(16-25)21-32/h1-12,18,25-27,34H,13-17,19-22H2,(H,33,35). The Morgan fingerprint density at radius 2 is 1.49 bits per heavy atom. The highest BCUT2D eigenvalue weighted by Gasteiger charge is 2.52. The first-order valence-corrected chi connectivity index (χ1v) is 15.5. The van der Waals surface area contributed by atoms with Gasteiger partial charge in [0.15, 0.2) is 0 Å². The highest BCUT2D eigenvalue weighted by atomic mass is 32.2. The molecule has 3 aromatic carbocycles. The number of rotatable bonds is 10. The van der Waals surface area contributed by atoms with E-state index in [9.17, 15) is 13.2 Å². The van der Waals surface area contributed by atoms with Crippen molar-refractivity contribution in [2.75, 3.05) is 6.54 Å². The summed E-state index contributed by atoms with van der Waals surface area (Å²) in [4.78, 5) is 13.0. The fourth-order valence-corrected chi connectivity index (χ4v) is 8.74. The molecule has 7 heteroatoms. The zero-order valence-corrected chi connectivity index (χ0v) is 23.0. The summed E-state index contributed by atoms with van der Waals surface area (Å²) >= 11 is 0. The van der Waals surface area contributed by atoms with Crippen LogP contribution in [-0.4, -0.2) is 26.4 Å². The second-order valence-electron chi connectivity index (χ2n) is 11.8. The van der Waals surface area contributed by atoms with Crippen molar-refractivity contribution < 1.29 is 17.9 Å². The number of hydrogen-bond donors (Lipinski definition) is 2. The van der Waals surface area contributed by atoms with Crippen molar-refractivity contribution in [3.63, 3.8) is 0 Å². The van der Waals surface area contributed by atoms with Crippen LogP contribution in [0.3, 0.4) is 0 Å². The smallest absolute Gasteiger partial charge is 0.251 e. The molecule has 4 aliphatic carbocycles. The lowest BCUT2D eigenvalue weighted by Gasteiger charge is -2.56. The first-order valence-electron chi connectivity index (χ1n) is 14.0. The predicted octanol–water partition coefficient (Wildman–Crippen LogP) is 5.49. The summed E-state index contributed by atoms with van der Waals surface area (Å²) < 4.78 is 35.5. The third-order valence-corrected chi connectivity index (χ3v) is 10.3. The van der Waals surface area contributed by atoms with Crippen molar-refractivity contribution in [1.29, 1.82) is 0 Å². The minimum absolute atomic E-state index is 0.167. The Hall–Kier alpha value is -3.16. The van der Waals surface area contributed by atoms with Crippen molar-refractivity contribution >= 4 is 15.9 Å². The van der Waals surface area contributed by atoms with E-state index in [2.05, 4.69) is 10.0 Å². The third-order valence-electron chi connectivity index (χ3n) is 8.67. The first kappa shape index (κ1) is 26.1. The van der Waals surface area contributed by atoms with Crippen LogP contribution in [0.25, 0.3) is 0 Å². The van der Waals surface area contributed by atoms with Gasteiger partial charge >= 0.3 is 0 Å². The number of sulfonamides is 1. The maximum atomic E-state index is 13.3. The van der Waals surface area contributed by atoms with Crippen molar-refractivity contribution in [3.05, 3.63) is 95.6 Å². The molecule has 39 heavy (non-hydrogen) atoms. The molecule has 0 atom stereocenters. The average Bonchev–Trinajstić information content (AvgIpc) is 2.91. The molecule has 2 N–H and O–H groups in total. The van der Waals surface area contributed by atoms with Gasteiger partial charge in [-0.1, -0.05) is 48.5 Å². The number of carbonyl (C=O) groups is 1. The van der Waals surface area contributed by atoms with Gasteiger partial charge in [0, 0.05) is 17.6 Å². The summed E-state index contributed by atoms with van der Waals surface area (Å²) in [6.45, 7) is 0.890. The van der Waals surface area contributed by atoms with Gasteiger partial charge < -0.3 is 10.1 Å². The molecule has 0 heterocycles. The zero-order chi connectivity index (χ0) is 26.9. The number of carbonyl (C=O) groups excluding carboxylic acids is 1. The lowest BCUT2D eigenvalue weighted by atomic mass is 9.53. The van der Waals surface area contributed by atoms with Crippen LogP contribution in [-0.2, 0) is 23.1 Å². The molecule has 0 aromatic heterocycles. The Labute approximate surface area is 231 Å². The molecule has 0 spiro atoms.